The largest absolute Gasteiger partial charge is 0.485 e. The van der Waals surface area contributed by atoms with Crippen molar-refractivity contribution in [2.24, 2.45) is 0 Å². The van der Waals surface area contributed by atoms with Crippen molar-refractivity contribution >= 4 is 17.2 Å². The number of nitrogens with zero attached hydrogens (tertiary/aromatic N) is 1. The van der Waals surface area contributed by atoms with Crippen LogP contribution in [0.4, 0.5) is 0 Å². The summed E-state index contributed by atoms with van der Waals surface area (Å²) in [5, 5.41) is 1.84. The van der Waals surface area contributed by atoms with Gasteiger partial charge in [0.05, 0.1) is 12.2 Å². The van der Waals surface area contributed by atoms with Crippen LogP contribution in [0.1, 0.15) is 23.5 Å². The van der Waals surface area contributed by atoms with Crippen molar-refractivity contribution < 1.29 is 19.0 Å². The fourth-order valence-corrected chi connectivity index (χ4v) is 3.39. The number of carbonyl (C=O) groups is 1. The monoisotopic (exact) mass is 283 g/mol. The maximum Gasteiger partial charge on any atom is 0.268 e. The number of hydrogen-bond acceptors (Lipinski definition) is 5. The van der Waals surface area contributed by atoms with Gasteiger partial charge in [0.2, 0.25) is 0 Å². The van der Waals surface area contributed by atoms with E-state index in [-0.39, 0.29) is 18.1 Å². The fraction of sp³-hybridized carbons (Fsp3) is 0.615. The molecule has 0 N–H and O–H groups in total. The molecule has 0 bridgehead atoms. The van der Waals surface area contributed by atoms with Crippen LogP contribution >= 0.6 is 11.3 Å². The molecule has 104 valence electrons. The molecular weight excluding hydrogens is 266 g/mol. The van der Waals surface area contributed by atoms with Crippen LogP contribution in [0.25, 0.3) is 0 Å². The Morgan fingerprint density at radius 1 is 1.26 bits per heavy atom. The predicted molar refractivity (Wildman–Crippen MR) is 71.2 cm³/mol. The van der Waals surface area contributed by atoms with E-state index in [1.54, 1.807) is 0 Å². The molecule has 0 radical (unpaired) electrons. The normalized spacial score (nSPS) is 26.3. The van der Waals surface area contributed by atoms with E-state index in [1.807, 2.05) is 24.1 Å². The van der Waals surface area contributed by atoms with E-state index in [1.165, 1.54) is 11.3 Å². The van der Waals surface area contributed by atoms with Crippen LogP contribution in [0.2, 0.25) is 0 Å². The lowest BCUT2D eigenvalue weighted by molar-refractivity contribution is -0.0585. The van der Waals surface area contributed by atoms with Gasteiger partial charge in [-0.25, -0.2) is 0 Å². The van der Waals surface area contributed by atoms with Crippen LogP contribution in [0.3, 0.4) is 0 Å². The molecular formula is C13H17NO4S. The molecule has 0 spiro atoms. The van der Waals surface area contributed by atoms with Crippen molar-refractivity contribution in [3.8, 4) is 11.5 Å². The minimum Gasteiger partial charge on any atom is -0.485 e. The second-order valence-electron chi connectivity index (χ2n) is 4.92. The molecule has 2 atom stereocenters. The Kier molecular flexibility index (Phi) is 3.36. The smallest absolute Gasteiger partial charge is 0.268 e. The number of fused-ring (bicyclic) bond motifs is 1. The van der Waals surface area contributed by atoms with Gasteiger partial charge in [-0.15, -0.1) is 11.3 Å². The summed E-state index contributed by atoms with van der Waals surface area (Å²) in [5.41, 5.74) is 0. The topological polar surface area (TPSA) is 48.0 Å². The highest BCUT2D eigenvalue weighted by Crippen LogP contribution is 2.40. The molecule has 1 saturated heterocycles. The molecule has 2 aliphatic heterocycles. The van der Waals surface area contributed by atoms with Gasteiger partial charge in [0.25, 0.3) is 5.91 Å². The summed E-state index contributed by atoms with van der Waals surface area (Å²) in [6.45, 7) is 6.26. The molecule has 0 saturated carbocycles. The van der Waals surface area contributed by atoms with Gasteiger partial charge in [-0.3, -0.25) is 4.79 Å². The molecule has 1 aromatic heterocycles. The first-order valence-corrected chi connectivity index (χ1v) is 7.35. The fourth-order valence-electron chi connectivity index (χ4n) is 2.50. The Labute approximate surface area is 116 Å². The van der Waals surface area contributed by atoms with E-state index >= 15 is 0 Å². The molecule has 0 aromatic carbocycles. The lowest BCUT2D eigenvalue weighted by Crippen LogP contribution is -2.48. The lowest BCUT2D eigenvalue weighted by atomic mass is 10.2. The zero-order valence-corrected chi connectivity index (χ0v) is 11.9. The molecule has 0 aliphatic carbocycles. The Bertz CT molecular complexity index is 477. The lowest BCUT2D eigenvalue weighted by Gasteiger charge is -2.35. The predicted octanol–water partition coefficient (Wildman–Crippen LogP) is 1.77. The summed E-state index contributed by atoms with van der Waals surface area (Å²) in [5.74, 6) is 1.31. The van der Waals surface area contributed by atoms with Gasteiger partial charge in [0.1, 0.15) is 18.1 Å². The highest BCUT2D eigenvalue weighted by Gasteiger charge is 2.31. The number of amides is 1. The second-order valence-corrected chi connectivity index (χ2v) is 5.80. The average Bonchev–Trinajstić information content (AvgIpc) is 2.80. The van der Waals surface area contributed by atoms with Crippen molar-refractivity contribution in [1.82, 2.24) is 4.90 Å². The standard InChI is InChI=1S/C13H17NO4S/c1-8-5-14(6-9(2)18-8)13(15)12-11-10(7-19-12)16-3-4-17-11/h7-9H,3-6H2,1-2H3/t8-,9-/m1/s1. The van der Waals surface area contributed by atoms with Crippen molar-refractivity contribution in [3.05, 3.63) is 10.3 Å². The van der Waals surface area contributed by atoms with Crippen molar-refractivity contribution in [2.45, 2.75) is 26.1 Å². The maximum absolute atomic E-state index is 12.6. The summed E-state index contributed by atoms with van der Waals surface area (Å²) in [6, 6.07) is 0. The average molecular weight is 283 g/mol. The van der Waals surface area contributed by atoms with Gasteiger partial charge in [0.15, 0.2) is 11.5 Å². The Hall–Kier alpha value is -1.27. The first-order valence-electron chi connectivity index (χ1n) is 6.47. The molecule has 5 nitrogen and oxygen atoms in total. The Morgan fingerprint density at radius 2 is 1.95 bits per heavy atom. The number of thiophene rings is 1. The van der Waals surface area contributed by atoms with Gasteiger partial charge in [-0.2, -0.15) is 0 Å². The first kappa shape index (κ1) is 12.7. The molecule has 0 unspecified atom stereocenters. The van der Waals surface area contributed by atoms with E-state index in [9.17, 15) is 4.79 Å². The molecule has 6 heteroatoms. The van der Waals surface area contributed by atoms with E-state index < -0.39 is 0 Å². The Balaban J connectivity index is 1.82. The van der Waals surface area contributed by atoms with Crippen LogP contribution in [0.15, 0.2) is 5.38 Å². The molecule has 19 heavy (non-hydrogen) atoms. The third kappa shape index (κ3) is 2.42. The summed E-state index contributed by atoms with van der Waals surface area (Å²) in [6.07, 6.45) is 0.140. The molecule has 3 heterocycles. The highest BCUT2D eigenvalue weighted by atomic mass is 32.1. The summed E-state index contributed by atoms with van der Waals surface area (Å²) >= 11 is 1.39. The highest BCUT2D eigenvalue weighted by molar-refractivity contribution is 7.12. The van der Waals surface area contributed by atoms with Crippen LogP contribution in [0, 0.1) is 0 Å². The van der Waals surface area contributed by atoms with Crippen LogP contribution in [-0.2, 0) is 4.74 Å². The quantitative estimate of drug-likeness (QED) is 0.788. The molecule has 3 rings (SSSR count). The molecule has 1 aromatic rings. The van der Waals surface area contributed by atoms with E-state index in [4.69, 9.17) is 14.2 Å². The molecule has 1 amide bonds. The van der Waals surface area contributed by atoms with Crippen molar-refractivity contribution in [2.75, 3.05) is 26.3 Å². The summed E-state index contributed by atoms with van der Waals surface area (Å²) in [7, 11) is 0. The van der Waals surface area contributed by atoms with Gasteiger partial charge in [-0.05, 0) is 13.8 Å². The molecule has 2 aliphatic rings. The number of rotatable bonds is 1. The van der Waals surface area contributed by atoms with Crippen molar-refractivity contribution in [3.63, 3.8) is 0 Å². The van der Waals surface area contributed by atoms with E-state index in [2.05, 4.69) is 0 Å². The van der Waals surface area contributed by atoms with Gasteiger partial charge >= 0.3 is 0 Å². The third-order valence-corrected chi connectivity index (χ3v) is 4.13. The van der Waals surface area contributed by atoms with Crippen molar-refractivity contribution in [1.29, 1.82) is 0 Å². The van der Waals surface area contributed by atoms with E-state index in [0.717, 1.165) is 0 Å². The van der Waals surface area contributed by atoms with Gasteiger partial charge < -0.3 is 19.1 Å². The zero-order valence-electron chi connectivity index (χ0n) is 11.0. The van der Waals surface area contributed by atoms with Crippen LogP contribution in [0.5, 0.6) is 11.5 Å². The summed E-state index contributed by atoms with van der Waals surface area (Å²) < 4.78 is 16.7. The van der Waals surface area contributed by atoms with Crippen LogP contribution < -0.4 is 9.47 Å². The third-order valence-electron chi connectivity index (χ3n) is 3.20. The second kappa shape index (κ2) is 5.02. The summed E-state index contributed by atoms with van der Waals surface area (Å²) in [4.78, 5) is 15.0. The SMILES string of the molecule is C[C@@H]1CN(C(=O)c2scc3c2OCCO3)C[C@@H](C)O1. The van der Waals surface area contributed by atoms with Gasteiger partial charge in [-0.1, -0.05) is 0 Å². The minimum atomic E-state index is 0.0127. The zero-order chi connectivity index (χ0) is 13.4. The first-order chi connectivity index (χ1) is 9.15. The van der Waals surface area contributed by atoms with Gasteiger partial charge in [0, 0.05) is 18.5 Å². The number of carbonyl (C=O) groups excluding carboxylic acids is 1. The maximum atomic E-state index is 12.6. The number of ether oxygens (including phenoxy) is 3. The number of hydrogen-bond donors (Lipinski definition) is 0. The molecule has 1 fully saturated rings. The van der Waals surface area contributed by atoms with Crippen LogP contribution in [-0.4, -0.2) is 49.3 Å². The van der Waals surface area contributed by atoms with E-state index in [0.29, 0.717) is 42.7 Å². The Morgan fingerprint density at radius 3 is 2.68 bits per heavy atom. The number of morpholine rings is 1. The minimum absolute atomic E-state index is 0.0127.